The van der Waals surface area contributed by atoms with Crippen molar-refractivity contribution in [2.24, 2.45) is 11.8 Å². The first-order chi connectivity index (χ1) is 12.3. The number of ketones is 1. The van der Waals surface area contributed by atoms with E-state index in [1.807, 2.05) is 12.1 Å². The molecule has 0 bridgehead atoms. The second kappa shape index (κ2) is 6.17. The fraction of sp³-hybridized carbons (Fsp3) is 0.571. The number of rotatable bonds is 3. The third-order valence-electron chi connectivity index (χ3n) is 6.52. The minimum Gasteiger partial charge on any atom is -0.469 e. The molecule has 2 aromatic heterocycles. The van der Waals surface area contributed by atoms with Gasteiger partial charge in [0.2, 0.25) is 0 Å². The van der Waals surface area contributed by atoms with Crippen molar-refractivity contribution in [3.8, 4) is 0 Å². The van der Waals surface area contributed by atoms with E-state index in [1.165, 1.54) is 29.8 Å². The van der Waals surface area contributed by atoms with Crippen LogP contribution in [0.25, 0.3) is 0 Å². The van der Waals surface area contributed by atoms with E-state index < -0.39 is 0 Å². The molecule has 25 heavy (non-hydrogen) atoms. The highest BCUT2D eigenvalue weighted by molar-refractivity contribution is 6.02. The fourth-order valence-corrected chi connectivity index (χ4v) is 5.18. The lowest BCUT2D eigenvalue weighted by atomic mass is 9.72. The zero-order chi connectivity index (χ0) is 16.8. The van der Waals surface area contributed by atoms with Gasteiger partial charge in [-0.25, -0.2) is 0 Å². The molecule has 1 aliphatic heterocycles. The third kappa shape index (κ3) is 2.67. The summed E-state index contributed by atoms with van der Waals surface area (Å²) in [5.41, 5.74) is 5.06. The van der Waals surface area contributed by atoms with E-state index in [4.69, 9.17) is 4.42 Å². The Balaban J connectivity index is 1.34. The minimum atomic E-state index is 0.194. The number of aryl methyl sites for hydroxylation is 1. The number of carbonyl (C=O) groups excluding carboxylic acids is 1. The highest BCUT2D eigenvalue weighted by Gasteiger charge is 2.41. The second-order valence-corrected chi connectivity index (χ2v) is 8.00. The molecule has 0 spiro atoms. The van der Waals surface area contributed by atoms with Crippen LogP contribution in [0.3, 0.4) is 0 Å². The SMILES string of the molecule is O=C1c2c([nH]c3c2CCCC3)C[C@@H]2CCN(CCc3ccco3)C[C@@H]12. The molecule has 3 heterocycles. The Kier molecular flexibility index (Phi) is 3.81. The number of likely N-dealkylation sites (tertiary alicyclic amines) is 1. The number of fused-ring (bicyclic) bond motifs is 4. The number of carbonyl (C=O) groups is 1. The summed E-state index contributed by atoms with van der Waals surface area (Å²) in [7, 11) is 0. The summed E-state index contributed by atoms with van der Waals surface area (Å²) in [5, 5.41) is 0. The van der Waals surface area contributed by atoms with E-state index in [2.05, 4.69) is 9.88 Å². The molecule has 0 saturated carbocycles. The lowest BCUT2D eigenvalue weighted by Crippen LogP contribution is -2.47. The Morgan fingerprint density at radius 3 is 3.04 bits per heavy atom. The number of aromatic nitrogens is 1. The molecule has 2 atom stereocenters. The number of furan rings is 1. The van der Waals surface area contributed by atoms with E-state index in [1.54, 1.807) is 6.26 Å². The Bertz CT molecular complexity index is 774. The van der Waals surface area contributed by atoms with Crippen LogP contribution in [0.2, 0.25) is 0 Å². The van der Waals surface area contributed by atoms with Crippen LogP contribution >= 0.6 is 0 Å². The molecular formula is C21H26N2O2. The van der Waals surface area contributed by atoms with Crippen LogP contribution in [0.5, 0.6) is 0 Å². The van der Waals surface area contributed by atoms with Crippen molar-refractivity contribution in [3.05, 3.63) is 46.7 Å². The predicted octanol–water partition coefficient (Wildman–Crippen LogP) is 3.41. The van der Waals surface area contributed by atoms with Gasteiger partial charge in [-0.3, -0.25) is 4.79 Å². The Labute approximate surface area is 148 Å². The number of aromatic amines is 1. The van der Waals surface area contributed by atoms with Gasteiger partial charge in [0.25, 0.3) is 0 Å². The Hall–Kier alpha value is -1.81. The number of H-pyrrole nitrogens is 1. The average Bonchev–Trinajstić information content (AvgIpc) is 3.27. The summed E-state index contributed by atoms with van der Waals surface area (Å²) in [6, 6.07) is 3.99. The molecule has 1 saturated heterocycles. The van der Waals surface area contributed by atoms with Gasteiger partial charge in [0.05, 0.1) is 6.26 Å². The predicted molar refractivity (Wildman–Crippen MR) is 95.9 cm³/mol. The van der Waals surface area contributed by atoms with Crippen molar-refractivity contribution < 1.29 is 9.21 Å². The number of hydrogen-bond acceptors (Lipinski definition) is 3. The van der Waals surface area contributed by atoms with Crippen LogP contribution in [0.1, 0.15) is 52.3 Å². The zero-order valence-corrected chi connectivity index (χ0v) is 14.7. The molecule has 0 unspecified atom stereocenters. The van der Waals surface area contributed by atoms with Gasteiger partial charge in [0, 0.05) is 42.4 Å². The first kappa shape index (κ1) is 15.4. The maximum atomic E-state index is 13.3. The van der Waals surface area contributed by atoms with Gasteiger partial charge in [-0.15, -0.1) is 0 Å². The quantitative estimate of drug-likeness (QED) is 0.933. The second-order valence-electron chi connectivity index (χ2n) is 8.00. The standard InChI is InChI=1S/C21H26N2O2/c24-21-17-13-23(10-8-15-4-3-11-25-15)9-7-14(17)12-19-20(21)16-5-1-2-6-18(16)22-19/h3-4,11,14,17,22H,1-2,5-10,12-13H2/t14-,17+/m0/s1. The summed E-state index contributed by atoms with van der Waals surface area (Å²) < 4.78 is 5.45. The first-order valence-corrected chi connectivity index (χ1v) is 9.81. The van der Waals surface area contributed by atoms with Crippen LogP contribution in [0, 0.1) is 11.8 Å². The molecule has 0 radical (unpaired) electrons. The van der Waals surface area contributed by atoms with E-state index in [9.17, 15) is 4.79 Å². The molecule has 2 aliphatic carbocycles. The molecule has 0 amide bonds. The highest BCUT2D eigenvalue weighted by Crippen LogP contribution is 2.39. The fourth-order valence-electron chi connectivity index (χ4n) is 5.18. The number of nitrogens with one attached hydrogen (secondary N) is 1. The largest absolute Gasteiger partial charge is 0.469 e. The van der Waals surface area contributed by atoms with Gasteiger partial charge in [0.15, 0.2) is 5.78 Å². The van der Waals surface area contributed by atoms with Crippen molar-refractivity contribution in [2.45, 2.75) is 44.9 Å². The Morgan fingerprint density at radius 2 is 2.16 bits per heavy atom. The number of piperidine rings is 1. The van der Waals surface area contributed by atoms with E-state index in [0.717, 1.165) is 63.1 Å². The maximum Gasteiger partial charge on any atom is 0.169 e. The molecule has 1 fully saturated rings. The van der Waals surface area contributed by atoms with Gasteiger partial charge < -0.3 is 14.3 Å². The molecule has 5 rings (SSSR count). The highest BCUT2D eigenvalue weighted by atomic mass is 16.3. The van der Waals surface area contributed by atoms with Crippen molar-refractivity contribution in [3.63, 3.8) is 0 Å². The van der Waals surface area contributed by atoms with Crippen molar-refractivity contribution in [1.82, 2.24) is 9.88 Å². The number of nitrogens with zero attached hydrogens (tertiary/aromatic N) is 1. The van der Waals surface area contributed by atoms with E-state index >= 15 is 0 Å². The van der Waals surface area contributed by atoms with Crippen molar-refractivity contribution >= 4 is 5.78 Å². The molecule has 1 N–H and O–H groups in total. The van der Waals surface area contributed by atoms with Crippen molar-refractivity contribution in [1.29, 1.82) is 0 Å². The van der Waals surface area contributed by atoms with E-state index in [-0.39, 0.29) is 5.92 Å². The summed E-state index contributed by atoms with van der Waals surface area (Å²) >= 11 is 0. The maximum absolute atomic E-state index is 13.3. The first-order valence-electron chi connectivity index (χ1n) is 9.81. The summed E-state index contributed by atoms with van der Waals surface area (Å²) in [6.45, 7) is 3.01. The average molecular weight is 338 g/mol. The van der Waals surface area contributed by atoms with Crippen LogP contribution in [-0.2, 0) is 25.7 Å². The van der Waals surface area contributed by atoms with Gasteiger partial charge in [-0.1, -0.05) is 0 Å². The molecule has 4 nitrogen and oxygen atoms in total. The normalized spacial score (nSPS) is 26.2. The van der Waals surface area contributed by atoms with Crippen LogP contribution in [0.4, 0.5) is 0 Å². The molecule has 0 aromatic carbocycles. The van der Waals surface area contributed by atoms with Gasteiger partial charge >= 0.3 is 0 Å². The minimum absolute atomic E-state index is 0.194. The molecule has 3 aliphatic rings. The summed E-state index contributed by atoms with van der Waals surface area (Å²) in [6.07, 6.45) is 9.59. The van der Waals surface area contributed by atoms with Crippen LogP contribution < -0.4 is 0 Å². The number of Topliss-reactive ketones (excluding diaryl/α,β-unsaturated/α-hetero) is 1. The molecule has 2 aromatic rings. The summed E-state index contributed by atoms with van der Waals surface area (Å²) in [4.78, 5) is 19.4. The van der Waals surface area contributed by atoms with E-state index in [0.29, 0.717) is 11.7 Å². The molecular weight excluding hydrogens is 312 g/mol. The van der Waals surface area contributed by atoms with Gasteiger partial charge in [0.1, 0.15) is 5.76 Å². The Morgan fingerprint density at radius 1 is 1.24 bits per heavy atom. The lowest BCUT2D eigenvalue weighted by molar-refractivity contribution is 0.0660. The monoisotopic (exact) mass is 338 g/mol. The molecule has 132 valence electrons. The third-order valence-corrected chi connectivity index (χ3v) is 6.52. The lowest BCUT2D eigenvalue weighted by Gasteiger charge is -2.40. The van der Waals surface area contributed by atoms with Crippen LogP contribution in [0.15, 0.2) is 22.8 Å². The topological polar surface area (TPSA) is 49.2 Å². The van der Waals surface area contributed by atoms with Gasteiger partial charge in [-0.2, -0.15) is 0 Å². The zero-order valence-electron chi connectivity index (χ0n) is 14.7. The van der Waals surface area contributed by atoms with Crippen LogP contribution in [-0.4, -0.2) is 35.3 Å². The number of hydrogen-bond donors (Lipinski definition) is 1. The van der Waals surface area contributed by atoms with Gasteiger partial charge in [-0.05, 0) is 68.7 Å². The smallest absolute Gasteiger partial charge is 0.169 e. The molecule has 4 heteroatoms. The van der Waals surface area contributed by atoms with Crippen molar-refractivity contribution in [2.75, 3.05) is 19.6 Å². The summed E-state index contributed by atoms with van der Waals surface area (Å²) in [5.74, 6) is 2.19.